The van der Waals surface area contributed by atoms with Crippen molar-refractivity contribution in [1.29, 1.82) is 0 Å². The Morgan fingerprint density at radius 1 is 1.05 bits per heavy atom. The number of hydrogen-bond donors (Lipinski definition) is 5. The maximum absolute atomic E-state index is 12.2. The number of nitrogens with zero attached hydrogens (tertiary/aromatic N) is 2. The average Bonchev–Trinajstić information content (AvgIpc) is 2.51. The average molecular weight is 318 g/mol. The quantitative estimate of drug-likeness (QED) is 0.373. The zero-order valence-electron chi connectivity index (χ0n) is 11.9. The van der Waals surface area contributed by atoms with Crippen LogP contribution >= 0.6 is 0 Å². The molecule has 0 radical (unpaired) electrons. The molecule has 0 bridgehead atoms. The monoisotopic (exact) mass is 318 g/mol. The summed E-state index contributed by atoms with van der Waals surface area (Å²) in [5.41, 5.74) is -2.14. The summed E-state index contributed by atoms with van der Waals surface area (Å²) in [6.07, 6.45) is -7.76. The zero-order valence-corrected chi connectivity index (χ0v) is 11.9. The second-order valence-electron chi connectivity index (χ2n) is 5.19. The minimum Gasteiger partial charge on any atom is -0.494 e. The Morgan fingerprint density at radius 2 is 1.64 bits per heavy atom. The topological polar surface area (TPSA) is 154 Å². The van der Waals surface area contributed by atoms with Crippen LogP contribution in [0.15, 0.2) is 9.59 Å². The molecule has 5 N–H and O–H groups in total. The first-order chi connectivity index (χ1) is 10.2. The number of rotatable bonds is 2. The van der Waals surface area contributed by atoms with Gasteiger partial charge < -0.3 is 30.3 Å². The van der Waals surface area contributed by atoms with E-state index in [9.17, 15) is 30.0 Å². The number of aliphatic hydroxyl groups excluding tert-OH is 4. The highest BCUT2D eigenvalue weighted by atomic mass is 16.5. The molecular formula is C12H18N2O8. The maximum Gasteiger partial charge on any atom is 0.333 e. The zero-order chi connectivity index (χ0) is 16.8. The standard InChI is InChI=1S/C12H18N2O8/c1-13-10(19)5(11(20)14(2)12(13)21)9-8(18)7(17)6(16)4(3-15)22-9/h4,6-9,15-19H,3H2,1-2H3/t4-,6+,7+,8-,9+/m1/s1. The fraction of sp³-hybridized carbons (Fsp3) is 0.667. The van der Waals surface area contributed by atoms with Crippen molar-refractivity contribution in [2.24, 2.45) is 14.1 Å². The smallest absolute Gasteiger partial charge is 0.333 e. The molecule has 0 aliphatic carbocycles. The fourth-order valence-electron chi connectivity index (χ4n) is 2.45. The van der Waals surface area contributed by atoms with Gasteiger partial charge in [0.25, 0.3) is 5.56 Å². The van der Waals surface area contributed by atoms with Gasteiger partial charge in [-0.2, -0.15) is 0 Å². The van der Waals surface area contributed by atoms with E-state index < -0.39 is 59.8 Å². The van der Waals surface area contributed by atoms with Crippen LogP contribution in [0.1, 0.15) is 11.7 Å². The summed E-state index contributed by atoms with van der Waals surface area (Å²) >= 11 is 0. The first-order valence-electron chi connectivity index (χ1n) is 6.51. The van der Waals surface area contributed by atoms with Crippen molar-refractivity contribution < 1.29 is 30.3 Å². The van der Waals surface area contributed by atoms with E-state index in [0.29, 0.717) is 4.57 Å². The SMILES string of the molecule is Cn1c(O)c([C@@H]2O[C@H](CO)[C@H](O)[C@H](O)[C@H]2O)c(=O)n(C)c1=O. The molecule has 0 amide bonds. The van der Waals surface area contributed by atoms with Crippen LogP contribution < -0.4 is 11.2 Å². The van der Waals surface area contributed by atoms with E-state index in [0.717, 1.165) is 4.57 Å². The Kier molecular flexibility index (Phi) is 4.40. The molecule has 1 aliphatic heterocycles. The Morgan fingerprint density at radius 3 is 2.18 bits per heavy atom. The van der Waals surface area contributed by atoms with Gasteiger partial charge in [-0.25, -0.2) is 4.79 Å². The molecule has 2 heterocycles. The van der Waals surface area contributed by atoms with E-state index in [4.69, 9.17) is 9.84 Å². The predicted molar refractivity (Wildman–Crippen MR) is 71.3 cm³/mol. The first kappa shape index (κ1) is 16.6. The molecule has 1 aromatic rings. The van der Waals surface area contributed by atoms with Crippen LogP contribution in [0.3, 0.4) is 0 Å². The van der Waals surface area contributed by atoms with E-state index >= 15 is 0 Å². The van der Waals surface area contributed by atoms with Gasteiger partial charge in [0.15, 0.2) is 0 Å². The van der Waals surface area contributed by atoms with E-state index in [-0.39, 0.29) is 0 Å². The van der Waals surface area contributed by atoms with Crippen molar-refractivity contribution in [3.05, 3.63) is 26.4 Å². The molecule has 1 saturated heterocycles. The minimum atomic E-state index is -1.73. The lowest BCUT2D eigenvalue weighted by Gasteiger charge is -2.40. The lowest BCUT2D eigenvalue weighted by Crippen LogP contribution is -2.56. The summed E-state index contributed by atoms with van der Waals surface area (Å²) in [4.78, 5) is 23.9. The predicted octanol–water partition coefficient (Wildman–Crippen LogP) is -3.70. The van der Waals surface area contributed by atoms with Crippen LogP contribution in [0, 0.1) is 0 Å². The molecule has 22 heavy (non-hydrogen) atoms. The molecule has 10 heteroatoms. The molecular weight excluding hydrogens is 300 g/mol. The fourth-order valence-corrected chi connectivity index (χ4v) is 2.45. The van der Waals surface area contributed by atoms with E-state index in [2.05, 4.69) is 0 Å². The third-order valence-corrected chi connectivity index (χ3v) is 3.84. The number of aliphatic hydroxyl groups is 4. The normalized spacial score (nSPS) is 32.2. The summed E-state index contributed by atoms with van der Waals surface area (Å²) in [5.74, 6) is -0.725. The van der Waals surface area contributed by atoms with Gasteiger partial charge in [0.05, 0.1) is 6.61 Å². The molecule has 10 nitrogen and oxygen atoms in total. The minimum absolute atomic E-state index is 0.443. The van der Waals surface area contributed by atoms with Crippen LogP contribution in [-0.2, 0) is 18.8 Å². The maximum atomic E-state index is 12.2. The lowest BCUT2D eigenvalue weighted by atomic mass is 9.92. The number of ether oxygens (including phenoxy) is 1. The summed E-state index contributed by atoms with van der Waals surface area (Å²) in [6, 6.07) is 0. The Balaban J connectivity index is 2.61. The van der Waals surface area contributed by atoms with Crippen molar-refractivity contribution >= 4 is 0 Å². The van der Waals surface area contributed by atoms with E-state index in [1.54, 1.807) is 0 Å². The van der Waals surface area contributed by atoms with Crippen molar-refractivity contribution in [3.63, 3.8) is 0 Å². The van der Waals surface area contributed by atoms with Gasteiger partial charge in [0, 0.05) is 14.1 Å². The van der Waals surface area contributed by atoms with Crippen molar-refractivity contribution in [1.82, 2.24) is 9.13 Å². The van der Waals surface area contributed by atoms with Crippen LogP contribution in [0.4, 0.5) is 0 Å². The third kappa shape index (κ3) is 2.34. The van der Waals surface area contributed by atoms with Crippen LogP contribution in [0.5, 0.6) is 5.88 Å². The Bertz CT molecular complexity index is 679. The van der Waals surface area contributed by atoms with Crippen LogP contribution in [0.2, 0.25) is 0 Å². The Labute approximate surface area is 124 Å². The molecule has 1 aromatic heterocycles. The molecule has 2 rings (SSSR count). The highest BCUT2D eigenvalue weighted by Gasteiger charge is 2.46. The Hall–Kier alpha value is -1.72. The van der Waals surface area contributed by atoms with Gasteiger partial charge in [-0.05, 0) is 0 Å². The molecule has 5 atom stereocenters. The van der Waals surface area contributed by atoms with Gasteiger partial charge in [-0.1, -0.05) is 0 Å². The highest BCUT2D eigenvalue weighted by Crippen LogP contribution is 2.33. The van der Waals surface area contributed by atoms with Gasteiger partial charge in [-0.15, -0.1) is 0 Å². The van der Waals surface area contributed by atoms with Gasteiger partial charge in [0.1, 0.15) is 36.1 Å². The van der Waals surface area contributed by atoms with E-state index in [1.807, 2.05) is 0 Å². The molecule has 0 unspecified atom stereocenters. The number of aromatic nitrogens is 2. The van der Waals surface area contributed by atoms with Crippen LogP contribution in [-0.4, -0.2) is 65.7 Å². The summed E-state index contributed by atoms with van der Waals surface area (Å²) in [5, 5.41) is 48.6. The van der Waals surface area contributed by atoms with Gasteiger partial charge in [0.2, 0.25) is 5.88 Å². The summed E-state index contributed by atoms with van der Waals surface area (Å²) < 4.78 is 6.71. The number of hydrogen-bond acceptors (Lipinski definition) is 8. The second-order valence-corrected chi connectivity index (χ2v) is 5.19. The molecule has 1 aliphatic rings. The number of aromatic hydroxyl groups is 1. The van der Waals surface area contributed by atoms with Crippen LogP contribution in [0.25, 0.3) is 0 Å². The summed E-state index contributed by atoms with van der Waals surface area (Å²) in [6.45, 7) is -0.672. The molecule has 0 spiro atoms. The first-order valence-corrected chi connectivity index (χ1v) is 6.51. The van der Waals surface area contributed by atoms with Crippen molar-refractivity contribution in [2.75, 3.05) is 6.61 Å². The second kappa shape index (κ2) is 5.82. The highest BCUT2D eigenvalue weighted by molar-refractivity contribution is 5.27. The molecule has 0 aromatic carbocycles. The lowest BCUT2D eigenvalue weighted by molar-refractivity contribution is -0.232. The largest absolute Gasteiger partial charge is 0.494 e. The molecule has 0 saturated carbocycles. The molecule has 1 fully saturated rings. The van der Waals surface area contributed by atoms with Crippen molar-refractivity contribution in [3.8, 4) is 5.88 Å². The molecule has 124 valence electrons. The van der Waals surface area contributed by atoms with E-state index in [1.165, 1.54) is 14.1 Å². The van der Waals surface area contributed by atoms with Gasteiger partial charge in [-0.3, -0.25) is 13.9 Å². The van der Waals surface area contributed by atoms with Gasteiger partial charge >= 0.3 is 5.69 Å². The summed E-state index contributed by atoms with van der Waals surface area (Å²) in [7, 11) is 2.39. The third-order valence-electron chi connectivity index (χ3n) is 3.84. The van der Waals surface area contributed by atoms with Crippen molar-refractivity contribution in [2.45, 2.75) is 30.5 Å².